The van der Waals surface area contributed by atoms with E-state index in [0.29, 0.717) is 39.0 Å². The number of nitrogens with two attached hydrogens (primary N) is 1. The minimum absolute atomic E-state index is 0.339. The Morgan fingerprint density at radius 1 is 1.45 bits per heavy atom. The zero-order chi connectivity index (χ0) is 21.0. The normalized spacial score (nSPS) is 11.0. The molecule has 2 aromatic heterocycles. The van der Waals surface area contributed by atoms with Gasteiger partial charge in [0.2, 0.25) is 0 Å². The van der Waals surface area contributed by atoms with E-state index in [4.69, 9.17) is 15.2 Å². The molecule has 0 saturated carbocycles. The molecule has 8 nitrogen and oxygen atoms in total. The number of rotatable bonds is 7. The van der Waals surface area contributed by atoms with Crippen LogP contribution >= 0.6 is 33.9 Å². The van der Waals surface area contributed by atoms with Gasteiger partial charge in [-0.2, -0.15) is 5.10 Å². The van der Waals surface area contributed by atoms with E-state index in [-0.39, 0.29) is 5.91 Å². The van der Waals surface area contributed by atoms with Crippen molar-refractivity contribution >= 4 is 62.1 Å². The molecule has 3 N–H and O–H groups in total. The van der Waals surface area contributed by atoms with Crippen LogP contribution in [0.5, 0.6) is 11.5 Å². The Labute approximate surface area is 185 Å². The van der Waals surface area contributed by atoms with Crippen molar-refractivity contribution in [3.05, 3.63) is 50.7 Å². The first-order chi connectivity index (χ1) is 14.0. The molecule has 0 atom stereocenters. The molecule has 2 heterocycles. The van der Waals surface area contributed by atoms with Crippen molar-refractivity contribution in [3.63, 3.8) is 0 Å². The number of thiophene rings is 1. The maximum absolute atomic E-state index is 12.5. The molecule has 1 aromatic carbocycles. The van der Waals surface area contributed by atoms with E-state index in [9.17, 15) is 4.79 Å². The number of nitrogen functional groups attached to an aromatic ring is 1. The summed E-state index contributed by atoms with van der Waals surface area (Å²) in [6.45, 7) is 5.83. The van der Waals surface area contributed by atoms with Crippen LogP contribution in [0.1, 0.15) is 20.8 Å². The molecule has 29 heavy (non-hydrogen) atoms. The fourth-order valence-corrected chi connectivity index (χ4v) is 4.46. The molecule has 150 valence electrons. The number of anilines is 1. The quantitative estimate of drug-likeness (QED) is 0.212. The van der Waals surface area contributed by atoms with Gasteiger partial charge in [-0.3, -0.25) is 4.79 Å². The van der Waals surface area contributed by atoms with Gasteiger partial charge < -0.3 is 15.2 Å². The Kier molecular flexibility index (Phi) is 6.64. The van der Waals surface area contributed by atoms with Crippen LogP contribution < -0.4 is 20.6 Å². The van der Waals surface area contributed by atoms with Crippen molar-refractivity contribution in [3.8, 4) is 11.5 Å². The number of hydrazone groups is 1. The first-order valence-corrected chi connectivity index (χ1v) is 10.3. The maximum atomic E-state index is 12.5. The van der Waals surface area contributed by atoms with Crippen LogP contribution in [0.15, 0.2) is 36.2 Å². The lowest BCUT2D eigenvalue weighted by atomic mass is 10.2. The summed E-state index contributed by atoms with van der Waals surface area (Å²) in [5, 5.41) is 4.75. The number of benzene rings is 1. The molecule has 0 bridgehead atoms. The molecule has 0 aliphatic heterocycles. The van der Waals surface area contributed by atoms with Crippen molar-refractivity contribution in [2.75, 3.05) is 19.5 Å². The van der Waals surface area contributed by atoms with Gasteiger partial charge in [0.1, 0.15) is 23.6 Å². The second-order valence-electron chi connectivity index (χ2n) is 5.83. The van der Waals surface area contributed by atoms with Gasteiger partial charge in [0.15, 0.2) is 11.5 Å². The lowest BCUT2D eigenvalue weighted by Gasteiger charge is -2.12. The number of amides is 1. The van der Waals surface area contributed by atoms with E-state index in [2.05, 4.69) is 49.7 Å². The number of halogens is 1. The third-order valence-electron chi connectivity index (χ3n) is 3.94. The summed E-state index contributed by atoms with van der Waals surface area (Å²) in [6, 6.07) is 3.65. The summed E-state index contributed by atoms with van der Waals surface area (Å²) in [5.41, 5.74) is 9.92. The number of ether oxygens (including phenoxy) is 2. The van der Waals surface area contributed by atoms with Gasteiger partial charge in [-0.1, -0.05) is 12.7 Å². The van der Waals surface area contributed by atoms with Crippen molar-refractivity contribution in [2.45, 2.75) is 6.92 Å². The standard InChI is InChI=1S/C19H18IN5O3S/c1-4-5-28-15-12(20)6-11(7-13(15)27-3)8-24-25-18(26)16-10(2)14-17(21)22-9-23-19(14)29-16/h4,6-9H,1,5H2,2-3H3,(H,25,26)(H2,21,22,23)/b24-8-. The van der Waals surface area contributed by atoms with Crippen molar-refractivity contribution in [1.29, 1.82) is 0 Å². The first kappa shape index (κ1) is 21.0. The van der Waals surface area contributed by atoms with E-state index in [0.717, 1.165) is 14.7 Å². The van der Waals surface area contributed by atoms with Gasteiger partial charge in [-0.05, 0) is 52.8 Å². The molecular formula is C19H18IN5O3S. The number of hydrogen-bond donors (Lipinski definition) is 2. The molecule has 0 fully saturated rings. The van der Waals surface area contributed by atoms with Crippen molar-refractivity contribution in [1.82, 2.24) is 15.4 Å². The van der Waals surface area contributed by atoms with Gasteiger partial charge in [0.05, 0.1) is 27.2 Å². The van der Waals surface area contributed by atoms with Gasteiger partial charge in [0.25, 0.3) is 5.91 Å². The molecule has 0 aliphatic rings. The highest BCUT2D eigenvalue weighted by molar-refractivity contribution is 14.1. The lowest BCUT2D eigenvalue weighted by Crippen LogP contribution is -2.17. The van der Waals surface area contributed by atoms with Gasteiger partial charge in [-0.15, -0.1) is 11.3 Å². The van der Waals surface area contributed by atoms with E-state index < -0.39 is 0 Å². The monoisotopic (exact) mass is 523 g/mol. The fraction of sp³-hybridized carbons (Fsp3) is 0.158. The summed E-state index contributed by atoms with van der Waals surface area (Å²) >= 11 is 3.40. The first-order valence-electron chi connectivity index (χ1n) is 8.40. The molecule has 0 spiro atoms. The van der Waals surface area contributed by atoms with Crippen LogP contribution in [0, 0.1) is 10.5 Å². The Bertz CT molecular complexity index is 1110. The number of methoxy groups -OCH3 is 1. The number of fused-ring (bicyclic) bond motifs is 1. The van der Waals surface area contributed by atoms with Crippen LogP contribution in [-0.2, 0) is 0 Å². The summed E-state index contributed by atoms with van der Waals surface area (Å²) in [5.74, 6) is 1.22. The number of carbonyl (C=O) groups is 1. The predicted molar refractivity (Wildman–Crippen MR) is 123 cm³/mol. The summed E-state index contributed by atoms with van der Waals surface area (Å²) in [7, 11) is 1.56. The number of aromatic nitrogens is 2. The zero-order valence-corrected chi connectivity index (χ0v) is 18.7. The molecule has 0 unspecified atom stereocenters. The van der Waals surface area contributed by atoms with Crippen LogP contribution in [0.25, 0.3) is 10.2 Å². The third-order valence-corrected chi connectivity index (χ3v) is 5.94. The van der Waals surface area contributed by atoms with Gasteiger partial charge in [-0.25, -0.2) is 15.4 Å². The van der Waals surface area contributed by atoms with Gasteiger partial charge >= 0.3 is 0 Å². The third kappa shape index (κ3) is 4.48. The molecule has 0 aliphatic carbocycles. The molecule has 10 heteroatoms. The van der Waals surface area contributed by atoms with Crippen LogP contribution in [-0.4, -0.2) is 35.8 Å². The summed E-state index contributed by atoms with van der Waals surface area (Å²) in [4.78, 5) is 21.8. The number of aryl methyl sites for hydroxylation is 1. The second-order valence-corrected chi connectivity index (χ2v) is 7.99. The highest BCUT2D eigenvalue weighted by Crippen LogP contribution is 2.34. The smallest absolute Gasteiger partial charge is 0.281 e. The van der Waals surface area contributed by atoms with Crippen LogP contribution in [0.4, 0.5) is 5.82 Å². The number of nitrogens with zero attached hydrogens (tertiary/aromatic N) is 3. The Morgan fingerprint density at radius 3 is 2.93 bits per heavy atom. The minimum atomic E-state index is -0.339. The number of nitrogens with one attached hydrogen (secondary N) is 1. The lowest BCUT2D eigenvalue weighted by molar-refractivity contribution is 0.0958. The summed E-state index contributed by atoms with van der Waals surface area (Å²) in [6.07, 6.45) is 4.58. The minimum Gasteiger partial charge on any atom is -0.493 e. The Balaban J connectivity index is 1.78. The summed E-state index contributed by atoms with van der Waals surface area (Å²) < 4.78 is 11.9. The van der Waals surface area contributed by atoms with Crippen molar-refractivity contribution in [2.24, 2.45) is 5.10 Å². The van der Waals surface area contributed by atoms with Crippen LogP contribution in [0.3, 0.4) is 0 Å². The highest BCUT2D eigenvalue weighted by Gasteiger charge is 2.18. The molecule has 1 amide bonds. The van der Waals surface area contributed by atoms with E-state index in [1.54, 1.807) is 19.3 Å². The fourth-order valence-electron chi connectivity index (χ4n) is 2.63. The molecule has 3 aromatic rings. The number of hydrogen-bond acceptors (Lipinski definition) is 8. The average molecular weight is 523 g/mol. The van der Waals surface area contributed by atoms with E-state index in [1.165, 1.54) is 23.9 Å². The van der Waals surface area contributed by atoms with Crippen molar-refractivity contribution < 1.29 is 14.3 Å². The molecule has 3 rings (SSSR count). The molecule has 0 radical (unpaired) electrons. The topological polar surface area (TPSA) is 112 Å². The van der Waals surface area contributed by atoms with E-state index >= 15 is 0 Å². The number of carbonyl (C=O) groups excluding carboxylic acids is 1. The molecule has 0 saturated heterocycles. The molecular weight excluding hydrogens is 505 g/mol. The van der Waals surface area contributed by atoms with Gasteiger partial charge in [0, 0.05) is 0 Å². The Morgan fingerprint density at radius 2 is 2.24 bits per heavy atom. The second kappa shape index (κ2) is 9.18. The SMILES string of the molecule is C=CCOc1c(I)cc(/C=N\NC(=O)c2sc3ncnc(N)c3c2C)cc1OC. The Hall–Kier alpha value is -2.73. The zero-order valence-electron chi connectivity index (χ0n) is 15.7. The highest BCUT2D eigenvalue weighted by atomic mass is 127. The maximum Gasteiger partial charge on any atom is 0.281 e. The van der Waals surface area contributed by atoms with E-state index in [1.807, 2.05) is 13.0 Å². The largest absolute Gasteiger partial charge is 0.493 e. The predicted octanol–water partition coefficient (Wildman–Crippen LogP) is 3.52. The average Bonchev–Trinajstić information content (AvgIpc) is 3.04. The van der Waals surface area contributed by atoms with Crippen LogP contribution in [0.2, 0.25) is 0 Å².